The van der Waals surface area contributed by atoms with Gasteiger partial charge >= 0.3 is 0 Å². The summed E-state index contributed by atoms with van der Waals surface area (Å²) in [5.74, 6) is -0.511. The van der Waals surface area contributed by atoms with Gasteiger partial charge in [-0.3, -0.25) is 19.7 Å². The van der Waals surface area contributed by atoms with Gasteiger partial charge in [-0.15, -0.1) is 0 Å². The summed E-state index contributed by atoms with van der Waals surface area (Å²) in [5.41, 5.74) is 1.14. The van der Waals surface area contributed by atoms with Crippen molar-refractivity contribution in [1.29, 1.82) is 0 Å². The first-order chi connectivity index (χ1) is 14.5. The summed E-state index contributed by atoms with van der Waals surface area (Å²) < 4.78 is 0. The lowest BCUT2D eigenvalue weighted by molar-refractivity contribution is -0.385. The second-order valence-corrected chi connectivity index (χ2v) is 7.14. The third-order valence-electron chi connectivity index (χ3n) is 4.94. The minimum absolute atomic E-state index is 0.0917. The smallest absolute Gasteiger partial charge is 0.273 e. The van der Waals surface area contributed by atoms with Crippen LogP contribution in [0.1, 0.15) is 44.2 Å². The van der Waals surface area contributed by atoms with Crippen molar-refractivity contribution in [2.45, 2.75) is 52.1 Å². The summed E-state index contributed by atoms with van der Waals surface area (Å²) in [7, 11) is 0. The van der Waals surface area contributed by atoms with Crippen molar-refractivity contribution in [2.24, 2.45) is 0 Å². The van der Waals surface area contributed by atoms with Crippen LogP contribution in [0.25, 0.3) is 0 Å². The minimum Gasteiger partial charge on any atom is -0.354 e. The number of carbonyl (C=O) groups excluding carboxylic acids is 2. The predicted octanol–water partition coefficient (Wildman–Crippen LogP) is 3.86. The van der Waals surface area contributed by atoms with Gasteiger partial charge in [-0.2, -0.15) is 0 Å². The summed E-state index contributed by atoms with van der Waals surface area (Å²) >= 11 is 0. The molecule has 0 heterocycles. The van der Waals surface area contributed by atoms with E-state index in [0.717, 1.165) is 18.4 Å². The maximum absolute atomic E-state index is 13.2. The molecule has 2 rings (SSSR count). The van der Waals surface area contributed by atoms with E-state index in [0.29, 0.717) is 18.5 Å². The monoisotopic (exact) mass is 411 g/mol. The van der Waals surface area contributed by atoms with Crippen molar-refractivity contribution >= 4 is 17.5 Å². The molecule has 0 radical (unpaired) electrons. The Morgan fingerprint density at radius 1 is 1.07 bits per heavy atom. The first kappa shape index (κ1) is 23.1. The Morgan fingerprint density at radius 3 is 2.37 bits per heavy atom. The molecule has 160 valence electrons. The number of nitro benzene ring substituents is 1. The highest BCUT2D eigenvalue weighted by atomic mass is 16.6. The summed E-state index contributed by atoms with van der Waals surface area (Å²) in [4.78, 5) is 38.4. The summed E-state index contributed by atoms with van der Waals surface area (Å²) in [6, 6.07) is 15.0. The highest BCUT2D eigenvalue weighted by Crippen LogP contribution is 2.21. The SMILES string of the molecule is CCCCNC(=O)[C@@H](CC)N(Cc1ccccc1)C(=O)Cc1ccccc1[N+](=O)[O-]. The van der Waals surface area contributed by atoms with Crippen LogP contribution in [0.4, 0.5) is 5.69 Å². The fraction of sp³-hybridized carbons (Fsp3) is 0.391. The van der Waals surface area contributed by atoms with Crippen LogP contribution in [0.2, 0.25) is 0 Å². The molecule has 0 saturated heterocycles. The van der Waals surface area contributed by atoms with Gasteiger partial charge in [-0.25, -0.2) is 0 Å². The van der Waals surface area contributed by atoms with Gasteiger partial charge in [0.2, 0.25) is 11.8 Å². The molecule has 0 aliphatic rings. The Labute approximate surface area is 177 Å². The number of benzene rings is 2. The van der Waals surface area contributed by atoms with E-state index < -0.39 is 11.0 Å². The number of nitrogens with zero attached hydrogens (tertiary/aromatic N) is 2. The van der Waals surface area contributed by atoms with Gasteiger partial charge in [-0.1, -0.05) is 68.8 Å². The van der Waals surface area contributed by atoms with E-state index in [4.69, 9.17) is 0 Å². The van der Waals surface area contributed by atoms with E-state index in [2.05, 4.69) is 5.32 Å². The van der Waals surface area contributed by atoms with E-state index in [-0.39, 0.29) is 30.5 Å². The van der Waals surface area contributed by atoms with Gasteiger partial charge in [-0.05, 0) is 18.4 Å². The molecule has 1 N–H and O–H groups in total. The molecule has 0 bridgehead atoms. The highest BCUT2D eigenvalue weighted by Gasteiger charge is 2.29. The van der Waals surface area contributed by atoms with Gasteiger partial charge in [0.15, 0.2) is 0 Å². The van der Waals surface area contributed by atoms with Crippen molar-refractivity contribution in [3.05, 3.63) is 75.8 Å². The Morgan fingerprint density at radius 2 is 1.73 bits per heavy atom. The Kier molecular flexibility index (Phi) is 9.00. The van der Waals surface area contributed by atoms with E-state index in [1.54, 1.807) is 18.2 Å². The number of nitro groups is 1. The molecule has 2 amide bonds. The molecule has 0 aliphatic heterocycles. The maximum atomic E-state index is 13.2. The molecule has 0 aromatic heterocycles. The first-order valence-electron chi connectivity index (χ1n) is 10.3. The molecule has 0 spiro atoms. The molecule has 2 aromatic rings. The molecule has 0 saturated carbocycles. The average Bonchev–Trinajstić information content (AvgIpc) is 2.74. The van der Waals surface area contributed by atoms with Gasteiger partial charge in [0, 0.05) is 24.7 Å². The van der Waals surface area contributed by atoms with Crippen molar-refractivity contribution in [3.63, 3.8) is 0 Å². The highest BCUT2D eigenvalue weighted by molar-refractivity contribution is 5.88. The maximum Gasteiger partial charge on any atom is 0.273 e. The number of para-hydroxylation sites is 1. The second kappa shape index (κ2) is 11.7. The van der Waals surface area contributed by atoms with Gasteiger partial charge in [0.05, 0.1) is 11.3 Å². The number of nitrogens with one attached hydrogen (secondary N) is 1. The van der Waals surface area contributed by atoms with Gasteiger partial charge < -0.3 is 10.2 Å². The largest absolute Gasteiger partial charge is 0.354 e. The van der Waals surface area contributed by atoms with Gasteiger partial charge in [0.1, 0.15) is 6.04 Å². The third kappa shape index (κ3) is 6.40. The zero-order chi connectivity index (χ0) is 21.9. The van der Waals surface area contributed by atoms with Crippen molar-refractivity contribution in [1.82, 2.24) is 10.2 Å². The molecule has 0 aliphatic carbocycles. The number of carbonyl (C=O) groups is 2. The molecule has 1 atom stereocenters. The van der Waals surface area contributed by atoms with Crippen molar-refractivity contribution in [2.75, 3.05) is 6.54 Å². The molecular weight excluding hydrogens is 382 g/mol. The summed E-state index contributed by atoms with van der Waals surface area (Å²) in [5, 5.41) is 14.2. The Balaban J connectivity index is 2.29. The molecule has 7 heteroatoms. The third-order valence-corrected chi connectivity index (χ3v) is 4.94. The molecule has 30 heavy (non-hydrogen) atoms. The van der Waals surface area contributed by atoms with Crippen LogP contribution in [0.3, 0.4) is 0 Å². The zero-order valence-corrected chi connectivity index (χ0v) is 17.5. The number of hydrogen-bond acceptors (Lipinski definition) is 4. The van der Waals surface area contributed by atoms with Crippen LogP contribution in [-0.4, -0.2) is 34.2 Å². The number of amides is 2. The number of hydrogen-bond donors (Lipinski definition) is 1. The molecule has 0 unspecified atom stereocenters. The number of unbranched alkanes of at least 4 members (excludes halogenated alkanes) is 1. The fourth-order valence-electron chi connectivity index (χ4n) is 3.31. The van der Waals surface area contributed by atoms with Crippen LogP contribution in [0.15, 0.2) is 54.6 Å². The molecule has 7 nitrogen and oxygen atoms in total. The standard InChI is InChI=1S/C23H29N3O4/c1-3-5-15-24-23(28)20(4-2)25(17-18-11-7-6-8-12-18)22(27)16-19-13-9-10-14-21(19)26(29)30/h6-14,20H,3-5,15-17H2,1-2H3,(H,24,28)/t20-/m1/s1. The van der Waals surface area contributed by atoms with Crippen molar-refractivity contribution < 1.29 is 14.5 Å². The van der Waals surface area contributed by atoms with Crippen LogP contribution < -0.4 is 5.32 Å². The molecular formula is C23H29N3O4. The molecule has 2 aromatic carbocycles. The topological polar surface area (TPSA) is 92.6 Å². The second-order valence-electron chi connectivity index (χ2n) is 7.14. The summed E-state index contributed by atoms with van der Waals surface area (Å²) in [6.07, 6.45) is 2.14. The lowest BCUT2D eigenvalue weighted by Crippen LogP contribution is -2.49. The van der Waals surface area contributed by atoms with Crippen LogP contribution in [0, 0.1) is 10.1 Å². The van der Waals surface area contributed by atoms with Gasteiger partial charge in [0.25, 0.3) is 5.69 Å². The fourth-order valence-corrected chi connectivity index (χ4v) is 3.31. The lowest BCUT2D eigenvalue weighted by Gasteiger charge is -2.30. The Hall–Kier alpha value is -3.22. The lowest BCUT2D eigenvalue weighted by atomic mass is 10.1. The quantitative estimate of drug-likeness (QED) is 0.345. The summed E-state index contributed by atoms with van der Waals surface area (Å²) in [6.45, 7) is 4.73. The molecule has 0 fully saturated rings. The van der Waals surface area contributed by atoms with E-state index in [9.17, 15) is 19.7 Å². The van der Waals surface area contributed by atoms with Crippen molar-refractivity contribution in [3.8, 4) is 0 Å². The van der Waals surface area contributed by atoms with E-state index >= 15 is 0 Å². The zero-order valence-electron chi connectivity index (χ0n) is 17.5. The average molecular weight is 412 g/mol. The first-order valence-corrected chi connectivity index (χ1v) is 10.3. The normalized spacial score (nSPS) is 11.5. The van der Waals surface area contributed by atoms with E-state index in [1.807, 2.05) is 44.2 Å². The predicted molar refractivity (Wildman–Crippen MR) is 116 cm³/mol. The minimum atomic E-state index is -0.641. The van der Waals surface area contributed by atoms with Crippen LogP contribution in [0.5, 0.6) is 0 Å². The van der Waals surface area contributed by atoms with Crippen LogP contribution in [-0.2, 0) is 22.6 Å². The Bertz CT molecular complexity index is 855. The van der Waals surface area contributed by atoms with Crippen LogP contribution >= 0.6 is 0 Å². The van der Waals surface area contributed by atoms with E-state index in [1.165, 1.54) is 11.0 Å². The number of rotatable bonds is 11.